The van der Waals surface area contributed by atoms with Crippen molar-refractivity contribution >= 4 is 27.3 Å². The summed E-state index contributed by atoms with van der Waals surface area (Å²) in [5, 5.41) is 2.90. The first-order valence-corrected chi connectivity index (χ1v) is 12.2. The van der Waals surface area contributed by atoms with Crippen molar-refractivity contribution in [2.45, 2.75) is 32.2 Å². The Morgan fingerprint density at radius 1 is 1.00 bits per heavy atom. The van der Waals surface area contributed by atoms with Gasteiger partial charge in [-0.25, -0.2) is 13.4 Å². The van der Waals surface area contributed by atoms with Crippen molar-refractivity contribution < 1.29 is 13.2 Å². The molecule has 1 fully saturated rings. The molecule has 8 heteroatoms. The fourth-order valence-corrected chi connectivity index (χ4v) is 5.86. The summed E-state index contributed by atoms with van der Waals surface area (Å²) in [6.07, 6.45) is 6.00. The standard InChI is InChI=1S/C23H24N4O3S/c28-23(18-5-3-7-20(15-18)27-13-4-14-31(27,29)30)25-19-10-8-17(9-11-19)22-24-16-21-6-1-2-12-26(21)22/h3,5,7-11,15-16H,1-2,4,6,12-14H2,(H,25,28). The van der Waals surface area contributed by atoms with E-state index in [0.717, 1.165) is 24.4 Å². The summed E-state index contributed by atoms with van der Waals surface area (Å²) in [4.78, 5) is 17.3. The van der Waals surface area contributed by atoms with Crippen LogP contribution in [0.4, 0.5) is 11.4 Å². The Morgan fingerprint density at radius 2 is 1.84 bits per heavy atom. The molecule has 0 radical (unpaired) electrons. The van der Waals surface area contributed by atoms with Crippen LogP contribution in [0.5, 0.6) is 0 Å². The van der Waals surface area contributed by atoms with Crippen molar-refractivity contribution in [2.24, 2.45) is 0 Å². The summed E-state index contributed by atoms with van der Waals surface area (Å²) in [5.74, 6) is 0.840. The van der Waals surface area contributed by atoms with Crippen molar-refractivity contribution in [2.75, 3.05) is 21.9 Å². The van der Waals surface area contributed by atoms with Crippen LogP contribution in [0.1, 0.15) is 35.3 Å². The fraction of sp³-hybridized carbons (Fsp3) is 0.304. The van der Waals surface area contributed by atoms with Crippen LogP contribution < -0.4 is 9.62 Å². The van der Waals surface area contributed by atoms with Gasteiger partial charge < -0.3 is 9.88 Å². The number of fused-ring (bicyclic) bond motifs is 1. The summed E-state index contributed by atoms with van der Waals surface area (Å²) in [7, 11) is -3.28. The maximum Gasteiger partial charge on any atom is 0.255 e. The van der Waals surface area contributed by atoms with Crippen LogP contribution in [-0.4, -0.2) is 36.2 Å². The lowest BCUT2D eigenvalue weighted by molar-refractivity contribution is 0.102. The second kappa shape index (κ2) is 7.85. The lowest BCUT2D eigenvalue weighted by atomic mass is 10.1. The van der Waals surface area contributed by atoms with Gasteiger partial charge in [-0.15, -0.1) is 0 Å². The number of sulfonamides is 1. The van der Waals surface area contributed by atoms with E-state index in [1.807, 2.05) is 30.5 Å². The first-order chi connectivity index (χ1) is 15.0. The van der Waals surface area contributed by atoms with E-state index in [4.69, 9.17) is 0 Å². The molecule has 1 saturated heterocycles. The normalized spacial score (nSPS) is 17.4. The maximum atomic E-state index is 12.8. The summed E-state index contributed by atoms with van der Waals surface area (Å²) in [5.41, 5.74) is 3.93. The number of aromatic nitrogens is 2. The summed E-state index contributed by atoms with van der Waals surface area (Å²) in [6.45, 7) is 1.44. The zero-order valence-electron chi connectivity index (χ0n) is 17.1. The molecule has 2 aliphatic rings. The second-order valence-electron chi connectivity index (χ2n) is 8.01. The molecule has 0 saturated carbocycles. The Labute approximate surface area is 181 Å². The second-order valence-corrected chi connectivity index (χ2v) is 10.0. The number of hydrogen-bond acceptors (Lipinski definition) is 4. The van der Waals surface area contributed by atoms with Gasteiger partial charge in [0.05, 0.1) is 11.4 Å². The largest absolute Gasteiger partial charge is 0.328 e. The van der Waals surface area contributed by atoms with Crippen molar-refractivity contribution in [1.82, 2.24) is 9.55 Å². The predicted octanol–water partition coefficient (Wildman–Crippen LogP) is 3.68. The summed E-state index contributed by atoms with van der Waals surface area (Å²) in [6, 6.07) is 14.4. The Morgan fingerprint density at radius 3 is 2.61 bits per heavy atom. The number of benzene rings is 2. The molecule has 5 rings (SSSR count). The highest BCUT2D eigenvalue weighted by atomic mass is 32.2. The number of imidazole rings is 1. The van der Waals surface area contributed by atoms with E-state index in [0.29, 0.717) is 29.9 Å². The number of amides is 1. The average Bonchev–Trinajstić information content (AvgIpc) is 3.37. The predicted molar refractivity (Wildman–Crippen MR) is 121 cm³/mol. The van der Waals surface area contributed by atoms with Gasteiger partial charge in [0.15, 0.2) is 0 Å². The molecule has 31 heavy (non-hydrogen) atoms. The third-order valence-corrected chi connectivity index (χ3v) is 7.77. The molecule has 3 aromatic rings. The molecular formula is C23H24N4O3S. The quantitative estimate of drug-likeness (QED) is 0.676. The lowest BCUT2D eigenvalue weighted by Crippen LogP contribution is -2.25. The van der Waals surface area contributed by atoms with Crippen molar-refractivity contribution in [1.29, 1.82) is 0 Å². The molecule has 2 aromatic carbocycles. The molecule has 0 aliphatic carbocycles. The fourth-order valence-electron chi connectivity index (χ4n) is 4.30. The van der Waals surface area contributed by atoms with E-state index in [9.17, 15) is 13.2 Å². The monoisotopic (exact) mass is 436 g/mol. The number of nitrogens with one attached hydrogen (secondary N) is 1. The third kappa shape index (κ3) is 3.83. The van der Waals surface area contributed by atoms with Gasteiger partial charge in [-0.2, -0.15) is 0 Å². The van der Waals surface area contributed by atoms with Gasteiger partial charge in [0, 0.05) is 41.8 Å². The van der Waals surface area contributed by atoms with Crippen molar-refractivity contribution in [3.63, 3.8) is 0 Å². The van der Waals surface area contributed by atoms with Gasteiger partial charge in [0.1, 0.15) is 5.82 Å². The number of carbonyl (C=O) groups is 1. The number of aryl methyl sites for hydroxylation is 1. The van der Waals surface area contributed by atoms with Crippen LogP contribution in [0.2, 0.25) is 0 Å². The van der Waals surface area contributed by atoms with Crippen LogP contribution in [0, 0.1) is 0 Å². The summed E-state index contributed by atoms with van der Waals surface area (Å²) < 4.78 is 28.0. The molecule has 3 heterocycles. The highest BCUT2D eigenvalue weighted by Gasteiger charge is 2.28. The van der Waals surface area contributed by atoms with Crippen molar-refractivity contribution in [3.05, 3.63) is 66.0 Å². The highest BCUT2D eigenvalue weighted by Crippen LogP contribution is 2.27. The molecule has 1 aromatic heterocycles. The zero-order valence-corrected chi connectivity index (χ0v) is 17.9. The highest BCUT2D eigenvalue weighted by molar-refractivity contribution is 7.93. The smallest absolute Gasteiger partial charge is 0.255 e. The van der Waals surface area contributed by atoms with E-state index in [2.05, 4.69) is 14.9 Å². The molecule has 7 nitrogen and oxygen atoms in total. The topological polar surface area (TPSA) is 84.3 Å². The van der Waals surface area contributed by atoms with Crippen molar-refractivity contribution in [3.8, 4) is 11.4 Å². The van der Waals surface area contributed by atoms with Gasteiger partial charge in [0.2, 0.25) is 10.0 Å². The Hall–Kier alpha value is -3.13. The number of anilines is 2. The van der Waals surface area contributed by atoms with Gasteiger partial charge in [-0.3, -0.25) is 9.10 Å². The Balaban J connectivity index is 1.32. The molecule has 2 aliphatic heterocycles. The van der Waals surface area contributed by atoms with Gasteiger partial charge >= 0.3 is 0 Å². The number of carbonyl (C=O) groups excluding carboxylic acids is 1. The summed E-state index contributed by atoms with van der Waals surface area (Å²) >= 11 is 0. The van der Waals surface area contributed by atoms with E-state index in [-0.39, 0.29) is 11.7 Å². The molecule has 0 unspecified atom stereocenters. The maximum absolute atomic E-state index is 12.8. The van der Waals surface area contributed by atoms with Crippen LogP contribution in [0.15, 0.2) is 54.7 Å². The molecule has 0 bridgehead atoms. The van der Waals surface area contributed by atoms with Crippen LogP contribution in [-0.2, 0) is 23.0 Å². The molecule has 0 atom stereocenters. The van der Waals surface area contributed by atoms with Crippen LogP contribution in [0.25, 0.3) is 11.4 Å². The number of hydrogen-bond donors (Lipinski definition) is 1. The van der Waals surface area contributed by atoms with Gasteiger partial charge in [0.25, 0.3) is 5.91 Å². The van der Waals surface area contributed by atoms with Crippen LogP contribution in [0.3, 0.4) is 0 Å². The zero-order chi connectivity index (χ0) is 21.4. The molecular weight excluding hydrogens is 412 g/mol. The molecule has 160 valence electrons. The molecule has 1 N–H and O–H groups in total. The van der Waals surface area contributed by atoms with E-state index >= 15 is 0 Å². The van der Waals surface area contributed by atoms with Crippen LogP contribution >= 0.6 is 0 Å². The Bertz CT molecular complexity index is 1230. The van der Waals surface area contributed by atoms with E-state index < -0.39 is 10.0 Å². The lowest BCUT2D eigenvalue weighted by Gasteiger charge is -2.17. The minimum absolute atomic E-state index is 0.148. The SMILES string of the molecule is O=C(Nc1ccc(-c2ncc3n2CCCC3)cc1)c1cccc(N2CCCS2(=O)=O)c1. The Kier molecular flexibility index (Phi) is 5.02. The van der Waals surface area contributed by atoms with E-state index in [1.54, 1.807) is 24.3 Å². The average molecular weight is 437 g/mol. The third-order valence-electron chi connectivity index (χ3n) is 5.90. The van der Waals surface area contributed by atoms with Gasteiger partial charge in [-0.05, 0) is 68.1 Å². The van der Waals surface area contributed by atoms with Gasteiger partial charge in [-0.1, -0.05) is 6.07 Å². The molecule has 1 amide bonds. The minimum atomic E-state index is -3.28. The number of nitrogens with zero attached hydrogens (tertiary/aromatic N) is 3. The number of rotatable bonds is 4. The first kappa shape index (κ1) is 19.8. The van der Waals surface area contributed by atoms with E-state index in [1.165, 1.54) is 22.8 Å². The molecule has 0 spiro atoms. The minimum Gasteiger partial charge on any atom is -0.328 e. The first-order valence-electron chi connectivity index (χ1n) is 10.6.